The Balaban J connectivity index is 1.69. The van der Waals surface area contributed by atoms with Crippen LogP contribution in [0.3, 0.4) is 0 Å². The Morgan fingerprint density at radius 1 is 1.04 bits per heavy atom. The first kappa shape index (κ1) is 15.8. The topological polar surface area (TPSA) is 84.0 Å². The van der Waals surface area contributed by atoms with Crippen LogP contribution in [0.25, 0.3) is 10.6 Å². The van der Waals surface area contributed by atoms with Gasteiger partial charge >= 0.3 is 11.8 Å². The number of hydrogen-bond donors (Lipinski definition) is 2. The van der Waals surface area contributed by atoms with E-state index in [0.717, 1.165) is 16.3 Å². The van der Waals surface area contributed by atoms with E-state index in [0.29, 0.717) is 11.4 Å². The molecule has 0 radical (unpaired) electrons. The molecule has 0 saturated carbocycles. The number of anilines is 2. The molecule has 0 bridgehead atoms. The molecule has 0 spiro atoms. The number of carbonyl (C=O) groups is 2. The average molecular weight is 338 g/mol. The molecule has 2 amide bonds. The molecule has 2 heterocycles. The van der Waals surface area contributed by atoms with Crippen molar-refractivity contribution in [1.29, 1.82) is 0 Å². The van der Waals surface area contributed by atoms with E-state index in [1.165, 1.54) is 17.5 Å². The van der Waals surface area contributed by atoms with Crippen LogP contribution >= 0.6 is 11.3 Å². The Kier molecular flexibility index (Phi) is 4.62. The molecule has 6 nitrogen and oxygen atoms in total. The number of aryl methyl sites for hydroxylation is 1. The maximum Gasteiger partial charge on any atom is 0.314 e. The summed E-state index contributed by atoms with van der Waals surface area (Å²) in [6.45, 7) is 1.93. The minimum Gasteiger partial charge on any atom is -0.318 e. The molecule has 0 aliphatic rings. The first-order chi connectivity index (χ1) is 11.6. The Morgan fingerprint density at radius 2 is 1.79 bits per heavy atom. The molecule has 2 N–H and O–H groups in total. The molecule has 3 aromatic rings. The van der Waals surface area contributed by atoms with Crippen LogP contribution in [0.15, 0.2) is 54.2 Å². The molecule has 0 atom stereocenters. The van der Waals surface area contributed by atoms with E-state index in [9.17, 15) is 9.59 Å². The van der Waals surface area contributed by atoms with E-state index in [1.807, 2.05) is 18.4 Å². The van der Waals surface area contributed by atoms with Gasteiger partial charge < -0.3 is 10.6 Å². The van der Waals surface area contributed by atoms with Gasteiger partial charge in [0, 0.05) is 28.5 Å². The summed E-state index contributed by atoms with van der Waals surface area (Å²) in [6, 6.07) is 10.5. The molecule has 2 aromatic heterocycles. The molecule has 24 heavy (non-hydrogen) atoms. The maximum absolute atomic E-state index is 12.0. The van der Waals surface area contributed by atoms with Crippen LogP contribution < -0.4 is 10.6 Å². The standard InChI is InChI=1S/C17H14N4O2S/c1-11-10-24-17(19-11)12-4-2-5-13(8-12)20-15(22)16(23)21-14-6-3-7-18-9-14/h2-10H,1H3,(H,20,22)(H,21,23). The van der Waals surface area contributed by atoms with Gasteiger partial charge in [-0.2, -0.15) is 0 Å². The maximum atomic E-state index is 12.0. The average Bonchev–Trinajstić information content (AvgIpc) is 3.02. The van der Waals surface area contributed by atoms with Gasteiger partial charge in [-0.05, 0) is 31.2 Å². The van der Waals surface area contributed by atoms with Crippen molar-refractivity contribution in [3.63, 3.8) is 0 Å². The van der Waals surface area contributed by atoms with Crippen molar-refractivity contribution < 1.29 is 9.59 Å². The van der Waals surface area contributed by atoms with E-state index in [-0.39, 0.29) is 0 Å². The number of nitrogens with zero attached hydrogens (tertiary/aromatic N) is 2. The Labute approximate surface area is 142 Å². The van der Waals surface area contributed by atoms with Crippen molar-refractivity contribution in [3.8, 4) is 10.6 Å². The van der Waals surface area contributed by atoms with Crippen LogP contribution in [-0.2, 0) is 9.59 Å². The van der Waals surface area contributed by atoms with E-state index in [4.69, 9.17) is 0 Å². The first-order valence-corrected chi connectivity index (χ1v) is 8.05. The van der Waals surface area contributed by atoms with E-state index < -0.39 is 11.8 Å². The molecule has 0 aliphatic carbocycles. The zero-order valence-corrected chi connectivity index (χ0v) is 13.6. The van der Waals surface area contributed by atoms with Gasteiger partial charge in [0.1, 0.15) is 5.01 Å². The lowest BCUT2D eigenvalue weighted by Gasteiger charge is -2.07. The summed E-state index contributed by atoms with van der Waals surface area (Å²) in [6.07, 6.45) is 3.05. The zero-order valence-electron chi connectivity index (χ0n) is 12.8. The van der Waals surface area contributed by atoms with Gasteiger partial charge in [-0.15, -0.1) is 11.3 Å². The number of carbonyl (C=O) groups excluding carboxylic acids is 2. The van der Waals surface area contributed by atoms with Gasteiger partial charge in [-0.1, -0.05) is 12.1 Å². The lowest BCUT2D eigenvalue weighted by atomic mass is 10.2. The van der Waals surface area contributed by atoms with Crippen LogP contribution in [-0.4, -0.2) is 21.8 Å². The summed E-state index contributed by atoms with van der Waals surface area (Å²) in [7, 11) is 0. The predicted molar refractivity (Wildman–Crippen MR) is 93.8 cm³/mol. The number of amides is 2. The Hall–Kier alpha value is -3.06. The van der Waals surface area contributed by atoms with Crippen molar-refractivity contribution in [3.05, 3.63) is 59.9 Å². The number of rotatable bonds is 3. The lowest BCUT2D eigenvalue weighted by molar-refractivity contribution is -0.133. The largest absolute Gasteiger partial charge is 0.318 e. The number of hydrogen-bond acceptors (Lipinski definition) is 5. The summed E-state index contributed by atoms with van der Waals surface area (Å²) in [5.41, 5.74) is 2.83. The number of nitrogens with one attached hydrogen (secondary N) is 2. The molecule has 3 rings (SSSR count). The normalized spacial score (nSPS) is 10.2. The van der Waals surface area contributed by atoms with Gasteiger partial charge in [0.05, 0.1) is 11.9 Å². The Bertz CT molecular complexity index is 877. The number of aromatic nitrogens is 2. The van der Waals surface area contributed by atoms with Crippen LogP contribution in [0.2, 0.25) is 0 Å². The fourth-order valence-corrected chi connectivity index (χ4v) is 2.82. The zero-order chi connectivity index (χ0) is 16.9. The van der Waals surface area contributed by atoms with Crippen LogP contribution in [0.5, 0.6) is 0 Å². The summed E-state index contributed by atoms with van der Waals surface area (Å²) >= 11 is 1.53. The quantitative estimate of drug-likeness (QED) is 0.719. The van der Waals surface area contributed by atoms with E-state index >= 15 is 0 Å². The van der Waals surface area contributed by atoms with Crippen LogP contribution in [0.1, 0.15) is 5.69 Å². The second-order valence-corrected chi connectivity index (χ2v) is 5.88. The number of benzene rings is 1. The van der Waals surface area contributed by atoms with Gasteiger partial charge in [-0.3, -0.25) is 14.6 Å². The monoisotopic (exact) mass is 338 g/mol. The molecule has 120 valence electrons. The molecular formula is C17H14N4O2S. The molecule has 0 unspecified atom stereocenters. The third-order valence-electron chi connectivity index (χ3n) is 3.11. The number of pyridine rings is 1. The molecule has 0 aliphatic heterocycles. The summed E-state index contributed by atoms with van der Waals surface area (Å²) in [5.74, 6) is -1.50. The van der Waals surface area contributed by atoms with Gasteiger partial charge in [0.2, 0.25) is 0 Å². The second-order valence-electron chi connectivity index (χ2n) is 5.02. The minimum atomic E-state index is -0.751. The van der Waals surface area contributed by atoms with E-state index in [2.05, 4.69) is 20.6 Å². The van der Waals surface area contributed by atoms with Gasteiger partial charge in [0.25, 0.3) is 0 Å². The molecule has 7 heteroatoms. The molecular weight excluding hydrogens is 324 g/mol. The van der Waals surface area contributed by atoms with Gasteiger partial charge in [-0.25, -0.2) is 4.98 Å². The highest BCUT2D eigenvalue weighted by Crippen LogP contribution is 2.25. The fourth-order valence-electron chi connectivity index (χ4n) is 2.03. The summed E-state index contributed by atoms with van der Waals surface area (Å²) in [4.78, 5) is 32.2. The second kappa shape index (κ2) is 7.01. The third kappa shape index (κ3) is 3.82. The fraction of sp³-hybridized carbons (Fsp3) is 0.0588. The molecule has 0 saturated heterocycles. The highest BCUT2D eigenvalue weighted by atomic mass is 32.1. The SMILES string of the molecule is Cc1csc(-c2cccc(NC(=O)C(=O)Nc3cccnc3)c2)n1. The highest BCUT2D eigenvalue weighted by Gasteiger charge is 2.14. The van der Waals surface area contributed by atoms with Crippen LogP contribution in [0.4, 0.5) is 11.4 Å². The number of thiazole rings is 1. The minimum absolute atomic E-state index is 0.463. The summed E-state index contributed by atoms with van der Waals surface area (Å²) < 4.78 is 0. The van der Waals surface area contributed by atoms with Crippen molar-refractivity contribution in [2.75, 3.05) is 10.6 Å². The lowest BCUT2D eigenvalue weighted by Crippen LogP contribution is -2.29. The molecule has 1 aromatic carbocycles. The van der Waals surface area contributed by atoms with Crippen molar-refractivity contribution >= 4 is 34.5 Å². The highest BCUT2D eigenvalue weighted by molar-refractivity contribution is 7.13. The van der Waals surface area contributed by atoms with Crippen molar-refractivity contribution in [2.24, 2.45) is 0 Å². The van der Waals surface area contributed by atoms with Crippen molar-refractivity contribution in [1.82, 2.24) is 9.97 Å². The van der Waals surface area contributed by atoms with Crippen molar-refractivity contribution in [2.45, 2.75) is 6.92 Å². The molecule has 0 fully saturated rings. The first-order valence-electron chi connectivity index (χ1n) is 7.17. The third-order valence-corrected chi connectivity index (χ3v) is 4.12. The Morgan fingerprint density at radius 3 is 2.46 bits per heavy atom. The summed E-state index contributed by atoms with van der Waals surface area (Å²) in [5, 5.41) is 7.90. The van der Waals surface area contributed by atoms with E-state index in [1.54, 1.807) is 36.5 Å². The predicted octanol–water partition coefficient (Wildman–Crippen LogP) is 3.09. The van der Waals surface area contributed by atoms with Gasteiger partial charge in [0.15, 0.2) is 0 Å². The van der Waals surface area contributed by atoms with Crippen LogP contribution in [0, 0.1) is 6.92 Å². The smallest absolute Gasteiger partial charge is 0.314 e.